The molecule has 2 aromatic heterocycles. The van der Waals surface area contributed by atoms with Crippen molar-refractivity contribution in [3.63, 3.8) is 0 Å². The molecule has 25 heavy (non-hydrogen) atoms. The second-order valence-corrected chi connectivity index (χ2v) is 8.27. The zero-order valence-corrected chi connectivity index (χ0v) is 15.4. The molecule has 0 atom stereocenters. The molecule has 0 fully saturated rings. The molecule has 5 nitrogen and oxygen atoms in total. The van der Waals surface area contributed by atoms with E-state index in [0.717, 1.165) is 40.0 Å². The quantitative estimate of drug-likeness (QED) is 0.518. The van der Waals surface area contributed by atoms with Crippen LogP contribution in [-0.2, 0) is 13.0 Å². The van der Waals surface area contributed by atoms with Crippen LogP contribution in [0.4, 0.5) is 5.13 Å². The van der Waals surface area contributed by atoms with E-state index < -0.39 is 5.91 Å². The van der Waals surface area contributed by atoms with Crippen LogP contribution in [0.3, 0.4) is 0 Å². The van der Waals surface area contributed by atoms with Crippen LogP contribution in [0.5, 0.6) is 0 Å². The maximum atomic E-state index is 11.6. The van der Waals surface area contributed by atoms with E-state index in [4.69, 9.17) is 16.8 Å². The van der Waals surface area contributed by atoms with Gasteiger partial charge in [-0.3, -0.25) is 10.0 Å². The molecule has 0 radical (unpaired) electrons. The van der Waals surface area contributed by atoms with Gasteiger partial charge in [0.1, 0.15) is 0 Å². The van der Waals surface area contributed by atoms with E-state index in [1.54, 1.807) is 16.8 Å². The Morgan fingerprint density at radius 2 is 2.20 bits per heavy atom. The van der Waals surface area contributed by atoms with Crippen molar-refractivity contribution in [3.05, 3.63) is 56.9 Å². The summed E-state index contributed by atoms with van der Waals surface area (Å²) in [5, 5.41) is 10.5. The summed E-state index contributed by atoms with van der Waals surface area (Å²) < 4.78 is 0. The van der Waals surface area contributed by atoms with Gasteiger partial charge in [-0.05, 0) is 35.7 Å². The smallest absolute Gasteiger partial charge is 0.284 e. The van der Waals surface area contributed by atoms with Crippen molar-refractivity contribution in [1.82, 2.24) is 10.5 Å². The molecule has 8 heteroatoms. The Balaban J connectivity index is 1.56. The average molecular weight is 392 g/mol. The van der Waals surface area contributed by atoms with E-state index in [2.05, 4.69) is 9.88 Å². The number of aromatic nitrogens is 1. The number of hydrogen-bond donors (Lipinski definition) is 2. The van der Waals surface area contributed by atoms with Crippen molar-refractivity contribution in [2.45, 2.75) is 13.0 Å². The maximum Gasteiger partial charge on any atom is 0.284 e. The highest BCUT2D eigenvalue weighted by molar-refractivity contribution is 7.19. The first kappa shape index (κ1) is 16.5. The number of anilines is 1. The monoisotopic (exact) mass is 391 g/mol. The fourth-order valence-corrected chi connectivity index (χ4v) is 5.08. The largest absolute Gasteiger partial charge is 0.343 e. The third-order valence-electron chi connectivity index (χ3n) is 4.08. The first-order valence-corrected chi connectivity index (χ1v) is 9.68. The number of carbonyl (C=O) groups is 1. The van der Waals surface area contributed by atoms with Gasteiger partial charge in [0.2, 0.25) is 0 Å². The fraction of sp³-hybridized carbons (Fsp3) is 0.176. The van der Waals surface area contributed by atoms with Crippen LogP contribution in [0.1, 0.15) is 20.1 Å². The number of halogens is 1. The Bertz CT molecular complexity index is 938. The molecule has 1 aromatic carbocycles. The van der Waals surface area contributed by atoms with Crippen molar-refractivity contribution in [2.24, 2.45) is 0 Å². The number of nitrogens with one attached hydrogen (secondary N) is 1. The van der Waals surface area contributed by atoms with Crippen molar-refractivity contribution in [3.8, 4) is 10.4 Å². The molecule has 3 heterocycles. The van der Waals surface area contributed by atoms with Gasteiger partial charge < -0.3 is 4.90 Å². The highest BCUT2D eigenvalue weighted by Gasteiger charge is 2.23. The van der Waals surface area contributed by atoms with Crippen LogP contribution in [-0.4, -0.2) is 22.6 Å². The van der Waals surface area contributed by atoms with Gasteiger partial charge in [-0.1, -0.05) is 35.1 Å². The van der Waals surface area contributed by atoms with Gasteiger partial charge in [0.05, 0.1) is 16.3 Å². The topological polar surface area (TPSA) is 65.5 Å². The highest BCUT2D eigenvalue weighted by Crippen LogP contribution is 2.36. The Morgan fingerprint density at radius 1 is 1.32 bits per heavy atom. The molecule has 1 amide bonds. The first-order chi connectivity index (χ1) is 12.1. The average Bonchev–Trinajstić information content (AvgIpc) is 3.27. The van der Waals surface area contributed by atoms with Gasteiger partial charge in [-0.25, -0.2) is 10.5 Å². The van der Waals surface area contributed by atoms with Gasteiger partial charge in [0.25, 0.3) is 5.91 Å². The lowest BCUT2D eigenvalue weighted by molar-refractivity contribution is 0.0711. The van der Waals surface area contributed by atoms with Crippen molar-refractivity contribution < 1.29 is 10.0 Å². The Morgan fingerprint density at radius 3 is 3.00 bits per heavy atom. The first-order valence-electron chi connectivity index (χ1n) is 7.67. The van der Waals surface area contributed by atoms with Crippen molar-refractivity contribution in [1.29, 1.82) is 0 Å². The van der Waals surface area contributed by atoms with E-state index in [0.29, 0.717) is 9.90 Å². The van der Waals surface area contributed by atoms with Crippen LogP contribution >= 0.6 is 34.3 Å². The number of thiophene rings is 1. The number of rotatable bonds is 3. The Kier molecular flexibility index (Phi) is 4.47. The number of benzene rings is 1. The molecule has 0 unspecified atom stereocenters. The molecule has 3 aromatic rings. The minimum atomic E-state index is -0.455. The normalized spacial score (nSPS) is 13.6. The van der Waals surface area contributed by atoms with Crippen molar-refractivity contribution in [2.75, 3.05) is 11.4 Å². The van der Waals surface area contributed by atoms with Crippen molar-refractivity contribution >= 4 is 45.3 Å². The molecular formula is C17H14ClN3O2S2. The second-order valence-electron chi connectivity index (χ2n) is 5.69. The fourth-order valence-electron chi connectivity index (χ4n) is 2.84. The van der Waals surface area contributed by atoms with Gasteiger partial charge in [0, 0.05) is 22.6 Å². The molecule has 1 aliphatic heterocycles. The zero-order valence-electron chi connectivity index (χ0n) is 13.0. The number of hydrogen-bond acceptors (Lipinski definition) is 6. The lowest BCUT2D eigenvalue weighted by Crippen LogP contribution is -2.29. The van der Waals surface area contributed by atoms with Crippen LogP contribution in [0.2, 0.25) is 5.02 Å². The van der Waals surface area contributed by atoms with Gasteiger partial charge in [-0.15, -0.1) is 11.3 Å². The molecule has 0 saturated heterocycles. The SMILES string of the molecule is O=C(NO)c1cc2c(s1)CN(c1ncc(-c3cccc(Cl)c3)s1)CC2. The van der Waals surface area contributed by atoms with E-state index in [9.17, 15) is 4.79 Å². The second kappa shape index (κ2) is 6.76. The third-order valence-corrected chi connectivity index (χ3v) is 6.58. The third kappa shape index (κ3) is 3.28. The Hall–Kier alpha value is -1.93. The summed E-state index contributed by atoms with van der Waals surface area (Å²) >= 11 is 9.12. The Labute approximate surface area is 157 Å². The molecule has 0 spiro atoms. The summed E-state index contributed by atoms with van der Waals surface area (Å²) in [4.78, 5) is 21.1. The molecule has 4 rings (SSSR count). The van der Waals surface area contributed by atoms with E-state index in [-0.39, 0.29) is 0 Å². The molecule has 128 valence electrons. The maximum absolute atomic E-state index is 11.6. The van der Waals surface area contributed by atoms with Crippen LogP contribution in [0.15, 0.2) is 36.5 Å². The summed E-state index contributed by atoms with van der Waals surface area (Å²) in [6, 6.07) is 9.62. The number of carbonyl (C=O) groups excluding carboxylic acids is 1. The summed E-state index contributed by atoms with van der Waals surface area (Å²) in [7, 11) is 0. The highest BCUT2D eigenvalue weighted by atomic mass is 35.5. The number of hydroxylamine groups is 1. The standard InChI is InChI=1S/C17H14ClN3O2S2/c18-12-3-1-2-10(6-12)14-8-19-17(25-14)21-5-4-11-7-13(16(22)20-23)24-15(11)9-21/h1-3,6-8,23H,4-5,9H2,(H,20,22). The van der Waals surface area contributed by atoms with Crippen LogP contribution in [0.25, 0.3) is 10.4 Å². The lowest BCUT2D eigenvalue weighted by Gasteiger charge is -2.26. The molecule has 0 saturated carbocycles. The van der Waals surface area contributed by atoms with Crippen LogP contribution in [0, 0.1) is 0 Å². The predicted molar refractivity (Wildman–Crippen MR) is 101 cm³/mol. The van der Waals surface area contributed by atoms with Crippen LogP contribution < -0.4 is 10.4 Å². The summed E-state index contributed by atoms with van der Waals surface area (Å²) in [5.41, 5.74) is 3.93. The number of amides is 1. The van der Waals surface area contributed by atoms with Gasteiger partial charge in [-0.2, -0.15) is 0 Å². The zero-order chi connectivity index (χ0) is 17.4. The molecule has 0 bridgehead atoms. The minimum Gasteiger partial charge on any atom is -0.343 e. The van der Waals surface area contributed by atoms with E-state index >= 15 is 0 Å². The molecule has 0 aliphatic carbocycles. The summed E-state index contributed by atoms with van der Waals surface area (Å²) in [5.74, 6) is -0.455. The molecule has 2 N–H and O–H groups in total. The van der Waals surface area contributed by atoms with Gasteiger partial charge >= 0.3 is 0 Å². The lowest BCUT2D eigenvalue weighted by atomic mass is 10.1. The number of thiazole rings is 1. The summed E-state index contributed by atoms with van der Waals surface area (Å²) in [6.07, 6.45) is 2.73. The summed E-state index contributed by atoms with van der Waals surface area (Å²) in [6.45, 7) is 1.58. The number of fused-ring (bicyclic) bond motifs is 1. The molecular weight excluding hydrogens is 378 g/mol. The number of nitrogens with zero attached hydrogens (tertiary/aromatic N) is 2. The predicted octanol–water partition coefficient (Wildman–Crippen LogP) is 4.21. The van der Waals surface area contributed by atoms with Gasteiger partial charge in [0.15, 0.2) is 5.13 Å². The van der Waals surface area contributed by atoms with E-state index in [1.807, 2.05) is 36.5 Å². The molecule has 1 aliphatic rings. The van der Waals surface area contributed by atoms with E-state index in [1.165, 1.54) is 16.9 Å². The minimum absolute atomic E-state index is 0.455.